The molecule has 0 radical (unpaired) electrons. The molecule has 47 heavy (non-hydrogen) atoms. The van der Waals surface area contributed by atoms with E-state index < -0.39 is 5.91 Å². The lowest BCUT2D eigenvalue weighted by atomic mass is 9.87. The molecule has 1 saturated heterocycles. The Labute approximate surface area is 275 Å². The van der Waals surface area contributed by atoms with Gasteiger partial charge in [0.2, 0.25) is 0 Å². The number of nitrogens with one attached hydrogen (secondary N) is 2. The first-order valence-corrected chi connectivity index (χ1v) is 16.3. The minimum Gasteiger partial charge on any atom is -0.372 e. The Morgan fingerprint density at radius 2 is 1.66 bits per heavy atom. The van der Waals surface area contributed by atoms with E-state index in [-0.39, 0.29) is 24.4 Å². The molecule has 2 aliphatic rings. The molecule has 3 amide bonds. The van der Waals surface area contributed by atoms with Crippen molar-refractivity contribution in [2.45, 2.75) is 44.6 Å². The third-order valence-corrected chi connectivity index (χ3v) is 9.01. The lowest BCUT2D eigenvalue weighted by molar-refractivity contribution is -0.108. The smallest absolute Gasteiger partial charge is 0.255 e. The Kier molecular flexibility index (Phi) is 9.71. The summed E-state index contributed by atoms with van der Waals surface area (Å²) in [6, 6.07) is 24.0. The van der Waals surface area contributed by atoms with Crippen LogP contribution in [0.3, 0.4) is 0 Å². The van der Waals surface area contributed by atoms with E-state index in [1.807, 2.05) is 30.3 Å². The molecule has 0 saturated carbocycles. The van der Waals surface area contributed by atoms with Crippen LogP contribution in [0, 0.1) is 0 Å². The van der Waals surface area contributed by atoms with Crippen LogP contribution in [0.15, 0.2) is 85.1 Å². The Balaban J connectivity index is 1.29. The van der Waals surface area contributed by atoms with Crippen molar-refractivity contribution in [1.29, 1.82) is 0 Å². The third kappa shape index (κ3) is 7.25. The highest BCUT2D eigenvalue weighted by Crippen LogP contribution is 2.34. The van der Waals surface area contributed by atoms with Crippen LogP contribution in [0.1, 0.15) is 80.3 Å². The van der Waals surface area contributed by atoms with E-state index in [2.05, 4.69) is 32.7 Å². The molecule has 9 nitrogen and oxygen atoms in total. The number of likely N-dealkylation sites (N-methyl/N-ethyl adjacent to an activating group) is 1. The van der Waals surface area contributed by atoms with Crippen molar-refractivity contribution in [3.63, 3.8) is 0 Å². The first kappa shape index (κ1) is 31.7. The SMILES string of the molecule is CN(CC=O)C(=O)c1cccc(C(=O)Nc2ccc(N3CCCCC3)cc2-c2cc(C(=O)NC3CCCc4ccccc43)ccn2)c1. The number of anilines is 2. The number of carbonyl (C=O) groups excluding carboxylic acids is 4. The van der Waals surface area contributed by atoms with Crippen molar-refractivity contribution in [3.8, 4) is 11.3 Å². The quantitative estimate of drug-likeness (QED) is 0.218. The summed E-state index contributed by atoms with van der Waals surface area (Å²) in [5, 5.41) is 6.26. The van der Waals surface area contributed by atoms with Crippen LogP contribution in [-0.2, 0) is 11.2 Å². The fourth-order valence-corrected chi connectivity index (χ4v) is 6.47. The summed E-state index contributed by atoms with van der Waals surface area (Å²) in [4.78, 5) is 59.1. The molecule has 1 aromatic heterocycles. The van der Waals surface area contributed by atoms with Gasteiger partial charge in [0.1, 0.15) is 6.29 Å². The van der Waals surface area contributed by atoms with Crippen LogP contribution in [0.25, 0.3) is 11.3 Å². The Morgan fingerprint density at radius 1 is 0.872 bits per heavy atom. The van der Waals surface area contributed by atoms with Crippen LogP contribution in [-0.4, -0.2) is 60.6 Å². The Hall–Kier alpha value is -5.31. The summed E-state index contributed by atoms with van der Waals surface area (Å²) in [6.45, 7) is 1.85. The minimum absolute atomic E-state index is 0.0416. The number of amides is 3. The molecule has 1 atom stereocenters. The first-order valence-electron chi connectivity index (χ1n) is 16.3. The van der Waals surface area contributed by atoms with Gasteiger partial charge in [-0.05, 0) is 98.2 Å². The average molecular weight is 630 g/mol. The van der Waals surface area contributed by atoms with E-state index in [1.54, 1.807) is 36.5 Å². The highest BCUT2D eigenvalue weighted by Gasteiger charge is 2.23. The van der Waals surface area contributed by atoms with Gasteiger partial charge in [0, 0.05) is 54.3 Å². The number of piperidine rings is 1. The van der Waals surface area contributed by atoms with E-state index in [9.17, 15) is 19.2 Å². The van der Waals surface area contributed by atoms with Crippen LogP contribution in [0.2, 0.25) is 0 Å². The summed E-state index contributed by atoms with van der Waals surface area (Å²) in [7, 11) is 1.54. The number of aryl methyl sites for hydroxylation is 1. The van der Waals surface area contributed by atoms with Gasteiger partial charge in [-0.1, -0.05) is 30.3 Å². The van der Waals surface area contributed by atoms with E-state index in [1.165, 1.54) is 35.6 Å². The zero-order valence-corrected chi connectivity index (χ0v) is 26.6. The lowest BCUT2D eigenvalue weighted by Gasteiger charge is -2.29. The maximum absolute atomic E-state index is 13.6. The largest absolute Gasteiger partial charge is 0.372 e. The van der Waals surface area contributed by atoms with Crippen molar-refractivity contribution < 1.29 is 19.2 Å². The second-order valence-corrected chi connectivity index (χ2v) is 12.2. The monoisotopic (exact) mass is 629 g/mol. The Bertz CT molecular complexity index is 1800. The number of pyridine rings is 1. The average Bonchev–Trinajstić information content (AvgIpc) is 3.12. The molecule has 240 valence electrons. The highest BCUT2D eigenvalue weighted by atomic mass is 16.2. The van der Waals surface area contributed by atoms with Gasteiger partial charge in [-0.15, -0.1) is 0 Å². The summed E-state index contributed by atoms with van der Waals surface area (Å²) in [5.74, 6) is -0.919. The molecule has 2 N–H and O–H groups in total. The molecule has 6 rings (SSSR count). The van der Waals surface area contributed by atoms with Gasteiger partial charge in [-0.3, -0.25) is 19.4 Å². The molecule has 3 aromatic carbocycles. The van der Waals surface area contributed by atoms with E-state index >= 15 is 0 Å². The fraction of sp³-hybridized carbons (Fsp3) is 0.289. The van der Waals surface area contributed by atoms with Crippen LogP contribution >= 0.6 is 0 Å². The molecular weight excluding hydrogens is 590 g/mol. The number of aromatic nitrogens is 1. The zero-order valence-electron chi connectivity index (χ0n) is 26.6. The van der Waals surface area contributed by atoms with E-state index in [0.717, 1.165) is 50.9 Å². The second-order valence-electron chi connectivity index (χ2n) is 12.2. The summed E-state index contributed by atoms with van der Waals surface area (Å²) < 4.78 is 0. The maximum Gasteiger partial charge on any atom is 0.255 e. The lowest BCUT2D eigenvalue weighted by Crippen LogP contribution is -2.31. The van der Waals surface area contributed by atoms with Crippen LogP contribution in [0.4, 0.5) is 11.4 Å². The number of fused-ring (bicyclic) bond motifs is 1. The minimum atomic E-state index is -0.394. The van der Waals surface area contributed by atoms with Crippen LogP contribution < -0.4 is 15.5 Å². The zero-order chi connectivity index (χ0) is 32.8. The number of hydrogen-bond donors (Lipinski definition) is 2. The van der Waals surface area contributed by atoms with Crippen molar-refractivity contribution in [1.82, 2.24) is 15.2 Å². The summed E-state index contributed by atoms with van der Waals surface area (Å²) in [5.41, 5.74) is 6.37. The standard InChI is InChI=1S/C38H39N5O4/c1-42(21-22-44)38(47)29-12-7-11-27(23-29)36(45)41-34-16-15-30(43-19-5-2-6-20-43)25-32(34)35-24-28(17-18-39-35)37(46)40-33-14-8-10-26-9-3-4-13-31(26)33/h3-4,7,9,11-13,15-18,22-25,33H,2,5-6,8,10,14,19-21H2,1H3,(H,40,46)(H,41,45). The second kappa shape index (κ2) is 14.4. The molecule has 2 heterocycles. The predicted molar refractivity (Wildman–Crippen MR) is 183 cm³/mol. The predicted octanol–water partition coefficient (Wildman–Crippen LogP) is 6.07. The van der Waals surface area contributed by atoms with Gasteiger partial charge >= 0.3 is 0 Å². The normalized spacial score (nSPS) is 15.7. The van der Waals surface area contributed by atoms with Crippen molar-refractivity contribution in [2.24, 2.45) is 0 Å². The van der Waals surface area contributed by atoms with Gasteiger partial charge in [0.05, 0.1) is 24.0 Å². The molecule has 9 heteroatoms. The summed E-state index contributed by atoms with van der Waals surface area (Å²) >= 11 is 0. The Morgan fingerprint density at radius 3 is 2.49 bits per heavy atom. The number of carbonyl (C=O) groups is 4. The van der Waals surface area contributed by atoms with Crippen LogP contribution in [0.5, 0.6) is 0 Å². The first-order chi connectivity index (χ1) is 22.9. The fourth-order valence-electron chi connectivity index (χ4n) is 6.47. The van der Waals surface area contributed by atoms with Crippen molar-refractivity contribution >= 4 is 35.4 Å². The summed E-state index contributed by atoms with van der Waals surface area (Å²) in [6.07, 6.45) is 8.63. The molecule has 4 aromatic rings. The van der Waals surface area contributed by atoms with E-state index in [0.29, 0.717) is 39.9 Å². The molecule has 0 spiro atoms. The molecule has 1 aliphatic heterocycles. The maximum atomic E-state index is 13.6. The van der Waals surface area contributed by atoms with Gasteiger partial charge < -0.3 is 25.2 Å². The molecular formula is C38H39N5O4. The topological polar surface area (TPSA) is 112 Å². The molecule has 0 bridgehead atoms. The van der Waals surface area contributed by atoms with Crippen molar-refractivity contribution in [2.75, 3.05) is 36.9 Å². The number of hydrogen-bond acceptors (Lipinski definition) is 6. The number of rotatable bonds is 9. The van der Waals surface area contributed by atoms with Gasteiger partial charge in [0.25, 0.3) is 17.7 Å². The molecule has 1 aliphatic carbocycles. The number of nitrogens with zero attached hydrogens (tertiary/aromatic N) is 3. The number of benzene rings is 3. The van der Waals surface area contributed by atoms with Gasteiger partial charge in [-0.2, -0.15) is 0 Å². The van der Waals surface area contributed by atoms with Crippen molar-refractivity contribution in [3.05, 3.63) is 113 Å². The van der Waals surface area contributed by atoms with Gasteiger partial charge in [0.15, 0.2) is 0 Å². The third-order valence-electron chi connectivity index (χ3n) is 9.01. The molecule has 1 fully saturated rings. The van der Waals surface area contributed by atoms with E-state index in [4.69, 9.17) is 0 Å². The highest BCUT2D eigenvalue weighted by molar-refractivity contribution is 6.08. The van der Waals surface area contributed by atoms with Gasteiger partial charge in [-0.25, -0.2) is 0 Å². The number of aldehydes is 1. The molecule has 1 unspecified atom stereocenters.